The van der Waals surface area contributed by atoms with E-state index in [-0.39, 0.29) is 12.5 Å². The van der Waals surface area contributed by atoms with E-state index in [1.807, 2.05) is 13.8 Å². The zero-order chi connectivity index (χ0) is 24.6. The summed E-state index contributed by atoms with van der Waals surface area (Å²) in [6, 6.07) is 13.0. The van der Waals surface area contributed by atoms with Gasteiger partial charge in [-0.05, 0) is 52.5 Å². The second-order valence-electron chi connectivity index (χ2n) is 7.55. The summed E-state index contributed by atoms with van der Waals surface area (Å²) in [6.07, 6.45) is 2.16. The lowest BCUT2D eigenvalue weighted by Gasteiger charge is -2.33. The minimum atomic E-state index is -3.79. The Balaban J connectivity index is 2.45. The van der Waals surface area contributed by atoms with Gasteiger partial charge in [0.25, 0.3) is 0 Å². The number of para-hydroxylation sites is 1. The fraction of sp³-hybridized carbons (Fsp3) is 0.391. The van der Waals surface area contributed by atoms with Crippen molar-refractivity contribution in [2.75, 3.05) is 23.7 Å². The normalized spacial score (nSPS) is 12.2. The van der Waals surface area contributed by atoms with Gasteiger partial charge < -0.3 is 10.2 Å². The molecule has 0 aliphatic carbocycles. The van der Waals surface area contributed by atoms with E-state index in [0.717, 1.165) is 17.0 Å². The van der Waals surface area contributed by atoms with Crippen molar-refractivity contribution in [1.82, 2.24) is 10.2 Å². The Kier molecular flexibility index (Phi) is 10.2. The van der Waals surface area contributed by atoms with Gasteiger partial charge in [0.2, 0.25) is 21.8 Å². The summed E-state index contributed by atoms with van der Waals surface area (Å²) in [4.78, 5) is 27.8. The van der Waals surface area contributed by atoms with Gasteiger partial charge in [0.05, 0.1) is 11.9 Å². The smallest absolute Gasteiger partial charge is 0.244 e. The molecule has 0 unspecified atom stereocenters. The average Bonchev–Trinajstić information content (AvgIpc) is 2.76. The van der Waals surface area contributed by atoms with Gasteiger partial charge in [-0.2, -0.15) is 0 Å². The highest BCUT2D eigenvalue weighted by Gasteiger charge is 2.32. The molecule has 1 N–H and O–H groups in total. The first-order valence-corrected chi connectivity index (χ1v) is 13.6. The number of carbonyl (C=O) groups excluding carboxylic acids is 2. The molecule has 2 amide bonds. The number of hydrogen-bond acceptors (Lipinski definition) is 4. The fourth-order valence-corrected chi connectivity index (χ4v) is 5.02. The number of carbonyl (C=O) groups is 2. The van der Waals surface area contributed by atoms with E-state index in [1.54, 1.807) is 48.5 Å². The Labute approximate surface area is 209 Å². The van der Waals surface area contributed by atoms with Crippen molar-refractivity contribution >= 4 is 55.1 Å². The van der Waals surface area contributed by atoms with Gasteiger partial charge in [-0.1, -0.05) is 55.8 Å². The molecule has 1 atom stereocenters. The van der Waals surface area contributed by atoms with Crippen molar-refractivity contribution in [2.24, 2.45) is 0 Å². The monoisotopic (exact) mass is 557 g/mol. The van der Waals surface area contributed by atoms with Gasteiger partial charge in [0.15, 0.2) is 0 Å². The van der Waals surface area contributed by atoms with Gasteiger partial charge in [-0.3, -0.25) is 13.9 Å². The molecule has 0 aliphatic rings. The van der Waals surface area contributed by atoms with E-state index >= 15 is 0 Å². The molecule has 0 saturated carbocycles. The molecule has 2 aromatic rings. The highest BCUT2D eigenvalue weighted by Crippen LogP contribution is 2.28. The molecule has 33 heavy (non-hydrogen) atoms. The maximum atomic E-state index is 13.6. The number of benzene rings is 2. The van der Waals surface area contributed by atoms with Crippen molar-refractivity contribution in [2.45, 2.75) is 39.3 Å². The second kappa shape index (κ2) is 12.4. The molecule has 180 valence electrons. The minimum Gasteiger partial charge on any atom is -0.354 e. The Hall–Kier alpha value is -2.10. The van der Waals surface area contributed by atoms with Crippen molar-refractivity contribution in [1.29, 1.82) is 0 Å². The van der Waals surface area contributed by atoms with Crippen molar-refractivity contribution in [3.63, 3.8) is 0 Å². The molecule has 0 bridgehead atoms. The highest BCUT2D eigenvalue weighted by molar-refractivity contribution is 9.10. The number of rotatable bonds is 11. The van der Waals surface area contributed by atoms with Gasteiger partial charge in [0.1, 0.15) is 12.6 Å². The number of anilines is 1. The van der Waals surface area contributed by atoms with Crippen LogP contribution in [0.1, 0.15) is 32.3 Å². The molecule has 0 aromatic heterocycles. The summed E-state index contributed by atoms with van der Waals surface area (Å²) < 4.78 is 26.8. The lowest BCUT2D eigenvalue weighted by Crippen LogP contribution is -2.52. The Morgan fingerprint density at radius 1 is 1.09 bits per heavy atom. The third kappa shape index (κ3) is 7.45. The van der Waals surface area contributed by atoms with E-state index < -0.39 is 28.5 Å². The first-order valence-electron chi connectivity index (χ1n) is 10.6. The third-order valence-electron chi connectivity index (χ3n) is 5.03. The van der Waals surface area contributed by atoms with Crippen LogP contribution in [0.4, 0.5) is 5.69 Å². The fourth-order valence-electron chi connectivity index (χ4n) is 3.34. The molecule has 0 aliphatic heterocycles. The Morgan fingerprint density at radius 2 is 1.73 bits per heavy atom. The summed E-state index contributed by atoms with van der Waals surface area (Å²) in [7, 11) is -3.79. The molecule has 10 heteroatoms. The minimum absolute atomic E-state index is 0.0735. The van der Waals surface area contributed by atoms with Crippen molar-refractivity contribution in [3.8, 4) is 0 Å². The Morgan fingerprint density at radius 3 is 2.30 bits per heavy atom. The second-order valence-corrected chi connectivity index (χ2v) is 10.7. The Bertz CT molecular complexity index is 1080. The predicted molar refractivity (Wildman–Crippen MR) is 136 cm³/mol. The van der Waals surface area contributed by atoms with Crippen LogP contribution >= 0.6 is 27.5 Å². The van der Waals surface area contributed by atoms with E-state index in [1.165, 1.54) is 4.90 Å². The lowest BCUT2D eigenvalue weighted by atomic mass is 10.1. The molecule has 2 aromatic carbocycles. The predicted octanol–water partition coefficient (Wildman–Crippen LogP) is 4.20. The summed E-state index contributed by atoms with van der Waals surface area (Å²) >= 11 is 9.69. The van der Waals surface area contributed by atoms with Crippen LogP contribution in [0.2, 0.25) is 5.02 Å². The van der Waals surface area contributed by atoms with E-state index in [9.17, 15) is 18.0 Å². The van der Waals surface area contributed by atoms with Crippen LogP contribution in [-0.4, -0.2) is 50.5 Å². The summed E-state index contributed by atoms with van der Waals surface area (Å²) in [6.45, 7) is 3.85. The molecule has 7 nitrogen and oxygen atoms in total. The van der Waals surface area contributed by atoms with E-state index in [4.69, 9.17) is 11.6 Å². The van der Waals surface area contributed by atoms with Crippen LogP contribution in [0.5, 0.6) is 0 Å². The molecule has 0 fully saturated rings. The van der Waals surface area contributed by atoms with Gasteiger partial charge in [0, 0.05) is 22.6 Å². The number of halogens is 2. The zero-order valence-electron chi connectivity index (χ0n) is 18.9. The molecular weight excluding hydrogens is 530 g/mol. The van der Waals surface area contributed by atoms with Gasteiger partial charge >= 0.3 is 0 Å². The first-order chi connectivity index (χ1) is 15.6. The SMILES string of the molecule is CCCNC(=O)[C@H](CC)N(Cc1ccccc1Cl)C(=O)CN(c1ccccc1Br)S(C)(=O)=O. The number of nitrogens with one attached hydrogen (secondary N) is 1. The molecule has 0 heterocycles. The number of amides is 2. The van der Waals surface area contributed by atoms with Gasteiger partial charge in [-0.25, -0.2) is 8.42 Å². The number of nitrogens with zero attached hydrogens (tertiary/aromatic N) is 2. The molecule has 0 spiro atoms. The average molecular weight is 559 g/mol. The highest BCUT2D eigenvalue weighted by atomic mass is 79.9. The largest absolute Gasteiger partial charge is 0.354 e. The standard InChI is InChI=1S/C23H29BrClN3O4S/c1-4-14-26-23(30)20(5-2)27(15-17-10-6-8-12-19(17)25)22(29)16-28(33(3,31)32)21-13-9-7-11-18(21)24/h6-13,20H,4-5,14-16H2,1-3H3,(H,26,30)/t20-/m0/s1. The van der Waals surface area contributed by atoms with Crippen LogP contribution in [0.25, 0.3) is 0 Å². The molecule has 2 rings (SSSR count). The van der Waals surface area contributed by atoms with Crippen LogP contribution in [0, 0.1) is 0 Å². The summed E-state index contributed by atoms with van der Waals surface area (Å²) in [5.74, 6) is -0.791. The maximum absolute atomic E-state index is 13.6. The van der Waals surface area contributed by atoms with Crippen molar-refractivity contribution < 1.29 is 18.0 Å². The van der Waals surface area contributed by atoms with Crippen LogP contribution in [0.15, 0.2) is 53.0 Å². The molecule has 0 saturated heterocycles. The number of sulfonamides is 1. The zero-order valence-corrected chi connectivity index (χ0v) is 22.1. The topological polar surface area (TPSA) is 86.8 Å². The van der Waals surface area contributed by atoms with E-state index in [0.29, 0.717) is 33.7 Å². The summed E-state index contributed by atoms with van der Waals surface area (Å²) in [5, 5.41) is 3.30. The van der Waals surface area contributed by atoms with Crippen molar-refractivity contribution in [3.05, 3.63) is 63.6 Å². The first kappa shape index (κ1) is 27.1. The van der Waals surface area contributed by atoms with Crippen LogP contribution < -0.4 is 9.62 Å². The lowest BCUT2D eigenvalue weighted by molar-refractivity contribution is -0.140. The molecule has 0 radical (unpaired) electrons. The maximum Gasteiger partial charge on any atom is 0.244 e. The van der Waals surface area contributed by atoms with E-state index in [2.05, 4.69) is 21.2 Å². The third-order valence-corrected chi connectivity index (χ3v) is 7.20. The number of hydrogen-bond donors (Lipinski definition) is 1. The molecular formula is C23H29BrClN3O4S. The van der Waals surface area contributed by atoms with Crippen LogP contribution in [0.3, 0.4) is 0 Å². The summed E-state index contributed by atoms with van der Waals surface area (Å²) in [5.41, 5.74) is 1.01. The van der Waals surface area contributed by atoms with Gasteiger partial charge in [-0.15, -0.1) is 0 Å². The van der Waals surface area contributed by atoms with Crippen LogP contribution in [-0.2, 0) is 26.2 Å². The quantitative estimate of drug-likeness (QED) is 0.448.